The maximum Gasteiger partial charge on any atom is 0.253 e. The lowest BCUT2D eigenvalue weighted by Gasteiger charge is -2.24. The van der Waals surface area contributed by atoms with Crippen LogP contribution in [0.5, 0.6) is 0 Å². The summed E-state index contributed by atoms with van der Waals surface area (Å²) in [5.74, 6) is 0.236. The Morgan fingerprint density at radius 2 is 2.05 bits per heavy atom. The number of rotatable bonds is 3. The Bertz CT molecular complexity index is 551. The van der Waals surface area contributed by atoms with E-state index in [0.717, 1.165) is 5.33 Å². The van der Waals surface area contributed by atoms with E-state index in [0.29, 0.717) is 30.1 Å². The predicted molar refractivity (Wildman–Crippen MR) is 87.9 cm³/mol. The van der Waals surface area contributed by atoms with Gasteiger partial charge in [0.2, 0.25) is 5.91 Å². The number of carbonyl (C=O) groups is 2. The third-order valence-corrected chi connectivity index (χ3v) is 4.27. The average Bonchev–Trinajstić information content (AvgIpc) is 2.78. The average molecular weight is 353 g/mol. The normalized spacial score (nSPS) is 19.0. The Morgan fingerprint density at radius 1 is 1.38 bits per heavy atom. The number of anilines is 1. The van der Waals surface area contributed by atoms with E-state index in [4.69, 9.17) is 0 Å². The van der Waals surface area contributed by atoms with E-state index in [-0.39, 0.29) is 17.4 Å². The summed E-state index contributed by atoms with van der Waals surface area (Å²) in [5, 5.41) is 3.75. The van der Waals surface area contributed by atoms with Crippen molar-refractivity contribution in [3.05, 3.63) is 29.8 Å². The zero-order valence-corrected chi connectivity index (χ0v) is 14.2. The largest absolute Gasteiger partial charge is 0.347 e. The zero-order chi connectivity index (χ0) is 15.6. The smallest absolute Gasteiger partial charge is 0.253 e. The molecular formula is C16H21BrN2O2. The first-order valence-corrected chi connectivity index (χ1v) is 8.22. The van der Waals surface area contributed by atoms with Crippen molar-refractivity contribution in [2.75, 3.05) is 16.8 Å². The molecule has 0 aliphatic carbocycles. The fraction of sp³-hybridized carbons (Fsp3) is 0.500. The second kappa shape index (κ2) is 6.18. The molecule has 1 heterocycles. The fourth-order valence-electron chi connectivity index (χ4n) is 2.43. The molecule has 21 heavy (non-hydrogen) atoms. The Hall–Kier alpha value is -1.36. The molecule has 1 aliphatic heterocycles. The van der Waals surface area contributed by atoms with Gasteiger partial charge in [0.05, 0.1) is 11.3 Å². The van der Waals surface area contributed by atoms with Crippen molar-refractivity contribution in [3.63, 3.8) is 0 Å². The van der Waals surface area contributed by atoms with E-state index in [2.05, 4.69) is 21.2 Å². The predicted octanol–water partition coefficient (Wildman–Crippen LogP) is 2.96. The number of halogens is 1. The summed E-state index contributed by atoms with van der Waals surface area (Å²) in [5.41, 5.74) is 0.945. The van der Waals surface area contributed by atoms with E-state index in [1.807, 2.05) is 39.0 Å². The van der Waals surface area contributed by atoms with E-state index in [1.165, 1.54) is 0 Å². The van der Waals surface area contributed by atoms with Crippen LogP contribution in [-0.4, -0.2) is 29.2 Å². The van der Waals surface area contributed by atoms with Crippen molar-refractivity contribution in [1.82, 2.24) is 5.32 Å². The van der Waals surface area contributed by atoms with Gasteiger partial charge in [-0.25, -0.2) is 0 Å². The van der Waals surface area contributed by atoms with Gasteiger partial charge >= 0.3 is 0 Å². The molecule has 1 aromatic rings. The SMILES string of the molecule is CC(C)(C)NC(=O)c1ccccc1N1CC(CBr)CC1=O. The number of nitrogens with zero attached hydrogens (tertiary/aromatic N) is 1. The summed E-state index contributed by atoms with van der Waals surface area (Å²) in [6, 6.07) is 7.29. The van der Waals surface area contributed by atoms with E-state index >= 15 is 0 Å². The lowest BCUT2D eigenvalue weighted by molar-refractivity contribution is -0.117. The van der Waals surface area contributed by atoms with Gasteiger partial charge in [-0.1, -0.05) is 28.1 Å². The molecule has 114 valence electrons. The van der Waals surface area contributed by atoms with Gasteiger partial charge in [-0.15, -0.1) is 0 Å². The summed E-state index contributed by atoms with van der Waals surface area (Å²) in [6.45, 7) is 6.48. The molecule has 1 atom stereocenters. The second-order valence-electron chi connectivity index (χ2n) is 6.45. The molecule has 0 radical (unpaired) electrons. The summed E-state index contributed by atoms with van der Waals surface area (Å²) < 4.78 is 0. The minimum atomic E-state index is -0.308. The van der Waals surface area contributed by atoms with Crippen LogP contribution in [0.2, 0.25) is 0 Å². The summed E-state index contributed by atoms with van der Waals surface area (Å²) in [4.78, 5) is 26.3. The topological polar surface area (TPSA) is 49.4 Å². The lowest BCUT2D eigenvalue weighted by atomic mass is 10.1. The van der Waals surface area contributed by atoms with Crippen molar-refractivity contribution < 1.29 is 9.59 Å². The van der Waals surface area contributed by atoms with Gasteiger partial charge in [0, 0.05) is 23.8 Å². The molecule has 1 aromatic carbocycles. The second-order valence-corrected chi connectivity index (χ2v) is 7.10. The van der Waals surface area contributed by atoms with Crippen molar-refractivity contribution in [3.8, 4) is 0 Å². The van der Waals surface area contributed by atoms with Gasteiger partial charge in [0.15, 0.2) is 0 Å². The highest BCUT2D eigenvalue weighted by atomic mass is 79.9. The third-order valence-electron chi connectivity index (χ3n) is 3.35. The highest BCUT2D eigenvalue weighted by Gasteiger charge is 2.32. The first-order valence-electron chi connectivity index (χ1n) is 7.09. The number of nitrogens with one attached hydrogen (secondary N) is 1. The van der Waals surface area contributed by atoms with Gasteiger partial charge in [0.1, 0.15) is 0 Å². The highest BCUT2D eigenvalue weighted by molar-refractivity contribution is 9.09. The van der Waals surface area contributed by atoms with Crippen LogP contribution in [0.15, 0.2) is 24.3 Å². The van der Waals surface area contributed by atoms with Gasteiger partial charge in [-0.3, -0.25) is 9.59 Å². The minimum absolute atomic E-state index is 0.0791. The molecule has 1 fully saturated rings. The minimum Gasteiger partial charge on any atom is -0.347 e. The quantitative estimate of drug-likeness (QED) is 0.850. The molecular weight excluding hydrogens is 332 g/mol. The van der Waals surface area contributed by atoms with E-state index in [1.54, 1.807) is 11.0 Å². The summed E-state index contributed by atoms with van der Waals surface area (Å²) in [7, 11) is 0. The van der Waals surface area contributed by atoms with E-state index in [9.17, 15) is 9.59 Å². The van der Waals surface area contributed by atoms with Crippen LogP contribution < -0.4 is 10.2 Å². The monoisotopic (exact) mass is 352 g/mol. The number of alkyl halides is 1. The highest BCUT2D eigenvalue weighted by Crippen LogP contribution is 2.29. The molecule has 4 nitrogen and oxygen atoms in total. The summed E-state index contributed by atoms with van der Waals surface area (Å²) >= 11 is 3.43. The van der Waals surface area contributed by atoms with Gasteiger partial charge < -0.3 is 10.2 Å². The summed E-state index contributed by atoms with van der Waals surface area (Å²) in [6.07, 6.45) is 0.528. The standard InChI is InChI=1S/C16H21BrN2O2/c1-16(2,3)18-15(21)12-6-4-5-7-13(12)19-10-11(9-17)8-14(19)20/h4-7,11H,8-10H2,1-3H3,(H,18,21). The Labute approximate surface area is 134 Å². The Kier molecular flexibility index (Phi) is 4.71. The number of hydrogen-bond donors (Lipinski definition) is 1. The molecule has 5 heteroatoms. The lowest BCUT2D eigenvalue weighted by Crippen LogP contribution is -2.41. The molecule has 2 amide bonds. The van der Waals surface area contributed by atoms with Crippen molar-refractivity contribution >= 4 is 33.4 Å². The number of carbonyl (C=O) groups excluding carboxylic acids is 2. The third kappa shape index (κ3) is 3.84. The van der Waals surface area contributed by atoms with Gasteiger partial charge in [-0.05, 0) is 38.8 Å². The molecule has 1 N–H and O–H groups in total. The van der Waals surface area contributed by atoms with Crippen molar-refractivity contribution in [1.29, 1.82) is 0 Å². The molecule has 0 aromatic heterocycles. The fourth-order valence-corrected chi connectivity index (χ4v) is 2.86. The van der Waals surface area contributed by atoms with Crippen LogP contribution >= 0.6 is 15.9 Å². The zero-order valence-electron chi connectivity index (χ0n) is 12.6. The molecule has 2 rings (SSSR count). The molecule has 0 bridgehead atoms. The van der Waals surface area contributed by atoms with Crippen molar-refractivity contribution in [2.45, 2.75) is 32.7 Å². The Morgan fingerprint density at radius 3 is 2.62 bits per heavy atom. The number of hydrogen-bond acceptors (Lipinski definition) is 2. The first-order chi connectivity index (χ1) is 9.81. The van der Waals surface area contributed by atoms with Gasteiger partial charge in [-0.2, -0.15) is 0 Å². The van der Waals surface area contributed by atoms with Crippen LogP contribution in [0.25, 0.3) is 0 Å². The van der Waals surface area contributed by atoms with Gasteiger partial charge in [0.25, 0.3) is 5.91 Å². The molecule has 1 saturated heterocycles. The number of para-hydroxylation sites is 1. The number of amides is 2. The maximum absolute atomic E-state index is 12.4. The van der Waals surface area contributed by atoms with Crippen LogP contribution in [0.1, 0.15) is 37.6 Å². The number of benzene rings is 1. The van der Waals surface area contributed by atoms with Crippen LogP contribution in [0, 0.1) is 5.92 Å². The molecule has 0 spiro atoms. The van der Waals surface area contributed by atoms with Crippen LogP contribution in [0.4, 0.5) is 5.69 Å². The molecule has 0 saturated carbocycles. The van der Waals surface area contributed by atoms with Crippen molar-refractivity contribution in [2.24, 2.45) is 5.92 Å². The van der Waals surface area contributed by atoms with E-state index < -0.39 is 0 Å². The molecule has 1 unspecified atom stereocenters. The first kappa shape index (κ1) is 16.0. The van der Waals surface area contributed by atoms with Crippen LogP contribution in [-0.2, 0) is 4.79 Å². The maximum atomic E-state index is 12.4. The van der Waals surface area contributed by atoms with Crippen LogP contribution in [0.3, 0.4) is 0 Å². The Balaban J connectivity index is 2.29. The molecule has 1 aliphatic rings.